The highest BCUT2D eigenvalue weighted by molar-refractivity contribution is 5.80. The van der Waals surface area contributed by atoms with Crippen molar-refractivity contribution in [3.63, 3.8) is 0 Å². The summed E-state index contributed by atoms with van der Waals surface area (Å²) in [5.41, 5.74) is 4.35. The predicted molar refractivity (Wildman–Crippen MR) is 69.8 cm³/mol. The van der Waals surface area contributed by atoms with E-state index in [4.69, 9.17) is 5.73 Å². The summed E-state index contributed by atoms with van der Waals surface area (Å²) in [5.74, 6) is -2.26. The highest BCUT2D eigenvalue weighted by Crippen LogP contribution is 2.21. The first-order valence-electron chi connectivity index (χ1n) is 5.91. The molecule has 0 aliphatic heterocycles. The minimum absolute atomic E-state index is 0.0386. The fourth-order valence-corrected chi connectivity index (χ4v) is 1.27. The van der Waals surface area contributed by atoms with Crippen LogP contribution < -0.4 is 16.4 Å². The Morgan fingerprint density at radius 2 is 1.84 bits per heavy atom. The zero-order valence-electron chi connectivity index (χ0n) is 11.2. The molecule has 0 bridgehead atoms. The maximum atomic E-state index is 13.5. The number of hydrogen-bond acceptors (Lipinski definition) is 4. The van der Waals surface area contributed by atoms with Crippen LogP contribution in [0.5, 0.6) is 0 Å². The van der Waals surface area contributed by atoms with Crippen molar-refractivity contribution < 1.29 is 13.6 Å². The average Bonchev–Trinajstić information content (AvgIpc) is 2.31. The van der Waals surface area contributed by atoms with Gasteiger partial charge in [-0.3, -0.25) is 4.79 Å². The summed E-state index contributed by atoms with van der Waals surface area (Å²) >= 11 is 0. The van der Waals surface area contributed by atoms with Crippen molar-refractivity contribution in [2.75, 3.05) is 23.7 Å². The number of pyridine rings is 1. The fraction of sp³-hybridized carbons (Fsp3) is 0.500. The van der Waals surface area contributed by atoms with E-state index in [9.17, 15) is 13.6 Å². The van der Waals surface area contributed by atoms with Gasteiger partial charge in [0.15, 0.2) is 23.3 Å². The second kappa shape index (κ2) is 5.81. The van der Waals surface area contributed by atoms with Crippen molar-refractivity contribution in [3.05, 3.63) is 17.7 Å². The quantitative estimate of drug-likeness (QED) is 0.736. The minimum atomic E-state index is -0.860. The van der Waals surface area contributed by atoms with Crippen molar-refractivity contribution in [2.24, 2.45) is 11.1 Å². The summed E-state index contributed by atoms with van der Waals surface area (Å²) in [6.45, 7) is 5.57. The van der Waals surface area contributed by atoms with Crippen LogP contribution in [0.1, 0.15) is 20.8 Å². The Balaban J connectivity index is 2.89. The first kappa shape index (κ1) is 15.1. The number of nitrogens with one attached hydrogen (secondary N) is 2. The summed E-state index contributed by atoms with van der Waals surface area (Å²) in [6.07, 6.45) is 0. The van der Waals surface area contributed by atoms with Gasteiger partial charge in [-0.25, -0.2) is 13.8 Å². The molecule has 0 aromatic carbocycles. The molecule has 0 fully saturated rings. The second-order valence-electron chi connectivity index (χ2n) is 4.78. The maximum Gasteiger partial charge on any atom is 0.224 e. The van der Waals surface area contributed by atoms with Crippen molar-refractivity contribution in [2.45, 2.75) is 20.8 Å². The molecule has 1 amide bonds. The molecule has 7 heteroatoms. The summed E-state index contributed by atoms with van der Waals surface area (Å²) in [5, 5.41) is 5.35. The second-order valence-corrected chi connectivity index (χ2v) is 4.78. The van der Waals surface area contributed by atoms with Gasteiger partial charge in [0, 0.05) is 19.2 Å². The number of nitrogens with two attached hydrogens (primary N) is 1. The van der Waals surface area contributed by atoms with Crippen LogP contribution in [0.3, 0.4) is 0 Å². The third kappa shape index (κ3) is 3.77. The molecule has 0 saturated carbocycles. The van der Waals surface area contributed by atoms with E-state index in [1.54, 1.807) is 20.8 Å². The number of primary amides is 1. The maximum absolute atomic E-state index is 13.5. The zero-order chi connectivity index (χ0) is 14.6. The smallest absolute Gasteiger partial charge is 0.224 e. The molecular weight excluding hydrogens is 254 g/mol. The van der Waals surface area contributed by atoms with Gasteiger partial charge in [0.05, 0.1) is 5.41 Å². The average molecular weight is 272 g/mol. The molecule has 1 aromatic heterocycles. The lowest BCUT2D eigenvalue weighted by Gasteiger charge is -2.21. The molecule has 5 nitrogen and oxygen atoms in total. The molecule has 1 rings (SSSR count). The van der Waals surface area contributed by atoms with Crippen LogP contribution in [0, 0.1) is 17.0 Å². The summed E-state index contributed by atoms with van der Waals surface area (Å²) in [6, 6.07) is 0.741. The van der Waals surface area contributed by atoms with Gasteiger partial charge in [0.1, 0.15) is 0 Å². The topological polar surface area (TPSA) is 80.0 Å². The number of nitrogens with zero attached hydrogens (tertiary/aromatic N) is 1. The van der Waals surface area contributed by atoms with Crippen molar-refractivity contribution in [1.29, 1.82) is 0 Å². The van der Waals surface area contributed by atoms with Crippen LogP contribution in [-0.2, 0) is 4.79 Å². The van der Waals surface area contributed by atoms with E-state index in [1.165, 1.54) is 0 Å². The van der Waals surface area contributed by atoms with Gasteiger partial charge in [-0.2, -0.15) is 0 Å². The van der Waals surface area contributed by atoms with Crippen LogP contribution in [0.4, 0.5) is 20.4 Å². The number of aromatic nitrogens is 1. The number of amides is 1. The van der Waals surface area contributed by atoms with Crippen molar-refractivity contribution >= 4 is 17.5 Å². The summed E-state index contributed by atoms with van der Waals surface area (Å²) in [4.78, 5) is 14.9. The Hall–Kier alpha value is -1.92. The van der Waals surface area contributed by atoms with E-state index in [1.807, 2.05) is 0 Å². The Morgan fingerprint density at radius 3 is 2.32 bits per heavy atom. The van der Waals surface area contributed by atoms with Gasteiger partial charge in [-0.1, -0.05) is 0 Å². The first-order chi connectivity index (χ1) is 8.77. The predicted octanol–water partition coefficient (Wildman–Crippen LogP) is 1.71. The van der Waals surface area contributed by atoms with Gasteiger partial charge in [-0.15, -0.1) is 0 Å². The molecule has 0 spiro atoms. The van der Waals surface area contributed by atoms with Crippen LogP contribution >= 0.6 is 0 Å². The monoisotopic (exact) mass is 272 g/mol. The lowest BCUT2D eigenvalue weighted by molar-refractivity contribution is -0.125. The Labute approximate surface area is 110 Å². The standard InChI is InChI=1S/C12H18F2N4O/c1-4-16-9-7(13)5-8(14)10(18-9)17-6-12(2,3)11(15)19/h5H,4,6H2,1-3H3,(H2,15,19)(H2,16,17,18). The number of halogens is 2. The lowest BCUT2D eigenvalue weighted by Crippen LogP contribution is -2.37. The van der Waals surface area contributed by atoms with Crippen LogP contribution in [0.15, 0.2) is 6.07 Å². The summed E-state index contributed by atoms with van der Waals surface area (Å²) in [7, 11) is 0. The molecular formula is C12H18F2N4O. The lowest BCUT2D eigenvalue weighted by atomic mass is 9.93. The van der Waals surface area contributed by atoms with E-state index in [0.717, 1.165) is 6.07 Å². The number of carbonyl (C=O) groups excluding carboxylic acids is 1. The minimum Gasteiger partial charge on any atom is -0.369 e. The highest BCUT2D eigenvalue weighted by Gasteiger charge is 2.25. The molecule has 106 valence electrons. The molecule has 19 heavy (non-hydrogen) atoms. The van der Waals surface area contributed by atoms with E-state index in [-0.39, 0.29) is 18.2 Å². The zero-order valence-corrected chi connectivity index (χ0v) is 11.2. The van der Waals surface area contributed by atoms with Gasteiger partial charge in [0.2, 0.25) is 5.91 Å². The molecule has 0 radical (unpaired) electrons. The van der Waals surface area contributed by atoms with Gasteiger partial charge in [-0.05, 0) is 20.8 Å². The number of carbonyl (C=O) groups is 1. The van der Waals surface area contributed by atoms with E-state index in [2.05, 4.69) is 15.6 Å². The molecule has 1 aromatic rings. The third-order valence-corrected chi connectivity index (χ3v) is 2.64. The SMILES string of the molecule is CCNc1nc(NCC(C)(C)C(N)=O)c(F)cc1F. The molecule has 4 N–H and O–H groups in total. The largest absolute Gasteiger partial charge is 0.369 e. The van der Waals surface area contributed by atoms with Crippen LogP contribution in [-0.4, -0.2) is 24.0 Å². The molecule has 0 unspecified atom stereocenters. The van der Waals surface area contributed by atoms with Gasteiger partial charge < -0.3 is 16.4 Å². The number of anilines is 2. The van der Waals surface area contributed by atoms with Crippen molar-refractivity contribution in [1.82, 2.24) is 4.98 Å². The summed E-state index contributed by atoms with van der Waals surface area (Å²) < 4.78 is 26.9. The third-order valence-electron chi connectivity index (χ3n) is 2.64. The number of hydrogen-bond donors (Lipinski definition) is 3. The normalized spacial score (nSPS) is 11.2. The first-order valence-corrected chi connectivity index (χ1v) is 5.91. The molecule has 1 heterocycles. The van der Waals surface area contributed by atoms with Crippen LogP contribution in [0.2, 0.25) is 0 Å². The molecule has 0 aliphatic carbocycles. The van der Waals surface area contributed by atoms with Crippen LogP contribution in [0.25, 0.3) is 0 Å². The van der Waals surface area contributed by atoms with E-state index < -0.39 is 23.0 Å². The Morgan fingerprint density at radius 1 is 1.32 bits per heavy atom. The van der Waals surface area contributed by atoms with E-state index >= 15 is 0 Å². The van der Waals surface area contributed by atoms with Crippen molar-refractivity contribution in [3.8, 4) is 0 Å². The van der Waals surface area contributed by atoms with E-state index in [0.29, 0.717) is 6.54 Å². The molecule has 0 saturated heterocycles. The molecule has 0 atom stereocenters. The van der Waals surface area contributed by atoms with Gasteiger partial charge in [0.25, 0.3) is 0 Å². The number of rotatable bonds is 6. The molecule has 0 aliphatic rings. The fourth-order valence-electron chi connectivity index (χ4n) is 1.27. The Bertz CT molecular complexity index is 477. The highest BCUT2D eigenvalue weighted by atomic mass is 19.1. The Kier molecular flexibility index (Phi) is 4.63. The van der Waals surface area contributed by atoms with Gasteiger partial charge >= 0.3 is 0 Å².